The van der Waals surface area contributed by atoms with E-state index in [1.807, 2.05) is 25.3 Å². The molecular weight excluding hydrogens is 392 g/mol. The van der Waals surface area contributed by atoms with Crippen molar-refractivity contribution in [3.8, 4) is 32.3 Å². The van der Waals surface area contributed by atoms with E-state index < -0.39 is 0 Å². The zero-order chi connectivity index (χ0) is 20.3. The van der Waals surface area contributed by atoms with Crippen LogP contribution in [0.1, 0.15) is 5.69 Å². The van der Waals surface area contributed by atoms with Crippen LogP contribution >= 0.6 is 11.3 Å². The minimum atomic E-state index is 0.719. The van der Waals surface area contributed by atoms with Crippen molar-refractivity contribution in [3.05, 3.63) is 72.6 Å². The van der Waals surface area contributed by atoms with Crippen molar-refractivity contribution in [2.75, 3.05) is 31.2 Å². The van der Waals surface area contributed by atoms with Gasteiger partial charge in [-0.15, -0.1) is 11.3 Å². The van der Waals surface area contributed by atoms with Gasteiger partial charge in [-0.3, -0.25) is 0 Å². The number of nitrogens with zero attached hydrogens (tertiary/aromatic N) is 4. The van der Waals surface area contributed by atoms with Crippen molar-refractivity contribution >= 4 is 17.3 Å². The second-order valence-corrected chi connectivity index (χ2v) is 8.22. The standard InChI is InChI=1S/C24H22N4OS/c1-17-22(21-11-12-25-24(27-21)28-13-15-29-16-14-28)30-23(26-17)20-9-7-19(8-10-20)18-5-3-2-4-6-18/h2-12H,13-16H2,1H3. The Bertz CT molecular complexity index is 1140. The second-order valence-electron chi connectivity index (χ2n) is 7.22. The summed E-state index contributed by atoms with van der Waals surface area (Å²) in [4.78, 5) is 17.4. The molecule has 3 heterocycles. The number of ether oxygens (including phenoxy) is 1. The van der Waals surface area contributed by atoms with Crippen molar-refractivity contribution in [3.63, 3.8) is 0 Å². The Morgan fingerprint density at radius 1 is 0.833 bits per heavy atom. The zero-order valence-electron chi connectivity index (χ0n) is 16.8. The molecule has 1 aliphatic heterocycles. The van der Waals surface area contributed by atoms with Crippen molar-refractivity contribution < 1.29 is 4.74 Å². The van der Waals surface area contributed by atoms with E-state index in [1.54, 1.807) is 11.3 Å². The fraction of sp³-hybridized carbons (Fsp3) is 0.208. The third-order valence-corrected chi connectivity index (χ3v) is 6.43. The molecule has 5 nitrogen and oxygen atoms in total. The number of rotatable bonds is 4. The maximum atomic E-state index is 5.44. The number of benzene rings is 2. The summed E-state index contributed by atoms with van der Waals surface area (Å²) in [7, 11) is 0. The highest BCUT2D eigenvalue weighted by Crippen LogP contribution is 2.35. The first-order chi connectivity index (χ1) is 14.8. The van der Waals surface area contributed by atoms with Gasteiger partial charge < -0.3 is 9.64 Å². The lowest BCUT2D eigenvalue weighted by atomic mass is 10.0. The number of hydrogen-bond donors (Lipinski definition) is 0. The third kappa shape index (κ3) is 3.84. The number of hydrogen-bond acceptors (Lipinski definition) is 6. The number of thiazole rings is 1. The van der Waals surface area contributed by atoms with Crippen molar-refractivity contribution in [1.82, 2.24) is 15.0 Å². The molecule has 0 amide bonds. The summed E-state index contributed by atoms with van der Waals surface area (Å²) in [5, 5.41) is 1.01. The molecule has 6 heteroatoms. The van der Waals surface area contributed by atoms with Crippen molar-refractivity contribution in [1.29, 1.82) is 0 Å². The first-order valence-corrected chi connectivity index (χ1v) is 10.9. The van der Waals surface area contributed by atoms with Crippen LogP contribution in [0.4, 0.5) is 5.95 Å². The van der Waals surface area contributed by atoms with Crippen LogP contribution in [0.2, 0.25) is 0 Å². The average molecular weight is 415 g/mol. The Labute approximate surface area is 180 Å². The largest absolute Gasteiger partial charge is 0.378 e. The van der Waals surface area contributed by atoms with E-state index in [4.69, 9.17) is 14.7 Å². The van der Waals surface area contributed by atoms with Gasteiger partial charge in [-0.05, 0) is 24.1 Å². The van der Waals surface area contributed by atoms with Crippen molar-refractivity contribution in [2.45, 2.75) is 6.92 Å². The van der Waals surface area contributed by atoms with Crippen LogP contribution < -0.4 is 4.90 Å². The molecular formula is C24H22N4OS. The molecule has 0 aliphatic carbocycles. The highest BCUT2D eigenvalue weighted by atomic mass is 32.1. The predicted octanol–water partition coefficient (Wildman–Crippen LogP) is 5.08. The number of aromatic nitrogens is 3. The Hall–Kier alpha value is -3.09. The Kier molecular flexibility index (Phi) is 5.26. The molecule has 1 fully saturated rings. The van der Waals surface area contributed by atoms with Gasteiger partial charge >= 0.3 is 0 Å². The van der Waals surface area contributed by atoms with Gasteiger partial charge in [-0.2, -0.15) is 0 Å². The Balaban J connectivity index is 1.42. The highest BCUT2D eigenvalue weighted by molar-refractivity contribution is 7.18. The molecule has 30 heavy (non-hydrogen) atoms. The van der Waals surface area contributed by atoms with Crippen LogP contribution in [0.5, 0.6) is 0 Å². The van der Waals surface area contributed by atoms with Gasteiger partial charge in [0.1, 0.15) is 5.01 Å². The van der Waals surface area contributed by atoms with Gasteiger partial charge in [-0.25, -0.2) is 15.0 Å². The van der Waals surface area contributed by atoms with Gasteiger partial charge in [0.2, 0.25) is 5.95 Å². The smallest absolute Gasteiger partial charge is 0.226 e. The van der Waals surface area contributed by atoms with E-state index in [0.29, 0.717) is 0 Å². The van der Waals surface area contributed by atoms with Crippen LogP contribution in [0, 0.1) is 6.92 Å². The number of aryl methyl sites for hydroxylation is 1. The topological polar surface area (TPSA) is 51.1 Å². The lowest BCUT2D eigenvalue weighted by Gasteiger charge is -2.26. The lowest BCUT2D eigenvalue weighted by molar-refractivity contribution is 0.122. The van der Waals surface area contributed by atoms with Gasteiger partial charge in [-0.1, -0.05) is 54.6 Å². The molecule has 1 saturated heterocycles. The van der Waals surface area contributed by atoms with E-state index in [1.165, 1.54) is 11.1 Å². The SMILES string of the molecule is Cc1nc(-c2ccc(-c3ccccc3)cc2)sc1-c1ccnc(N2CCOCC2)n1. The van der Waals surface area contributed by atoms with Crippen molar-refractivity contribution in [2.24, 2.45) is 0 Å². The third-order valence-electron chi connectivity index (χ3n) is 5.20. The molecule has 4 aromatic rings. The van der Waals surface area contributed by atoms with Crippen LogP contribution in [-0.2, 0) is 4.74 Å². The molecule has 2 aromatic carbocycles. The van der Waals surface area contributed by atoms with E-state index >= 15 is 0 Å². The molecule has 150 valence electrons. The fourth-order valence-corrected chi connectivity index (χ4v) is 4.63. The van der Waals surface area contributed by atoms with Gasteiger partial charge in [0.15, 0.2) is 0 Å². The number of anilines is 1. The summed E-state index contributed by atoms with van der Waals surface area (Å²) in [5.41, 5.74) is 5.47. The molecule has 0 N–H and O–H groups in total. The van der Waals surface area contributed by atoms with E-state index in [0.717, 1.165) is 59.1 Å². The normalized spacial score (nSPS) is 14.1. The van der Waals surface area contributed by atoms with E-state index in [9.17, 15) is 0 Å². The molecule has 5 rings (SSSR count). The fourth-order valence-electron chi connectivity index (χ4n) is 3.58. The summed E-state index contributed by atoms with van der Waals surface area (Å²) in [6.45, 7) is 5.13. The Morgan fingerprint density at radius 2 is 1.53 bits per heavy atom. The molecule has 2 aromatic heterocycles. The minimum absolute atomic E-state index is 0.719. The minimum Gasteiger partial charge on any atom is -0.378 e. The average Bonchev–Trinajstić information content (AvgIpc) is 3.22. The first kappa shape index (κ1) is 18.9. The summed E-state index contributed by atoms with van der Waals surface area (Å²) < 4.78 is 5.44. The summed E-state index contributed by atoms with van der Waals surface area (Å²) in [5.74, 6) is 0.761. The summed E-state index contributed by atoms with van der Waals surface area (Å²) in [6.07, 6.45) is 1.83. The van der Waals surface area contributed by atoms with Gasteiger partial charge in [0, 0.05) is 24.8 Å². The van der Waals surface area contributed by atoms with Crippen LogP contribution in [0.15, 0.2) is 66.9 Å². The quantitative estimate of drug-likeness (QED) is 0.466. The maximum Gasteiger partial charge on any atom is 0.226 e. The molecule has 0 radical (unpaired) electrons. The monoisotopic (exact) mass is 414 g/mol. The van der Waals surface area contributed by atoms with E-state index in [2.05, 4.69) is 58.4 Å². The van der Waals surface area contributed by atoms with Crippen LogP contribution in [0.3, 0.4) is 0 Å². The zero-order valence-corrected chi connectivity index (χ0v) is 17.6. The second kappa shape index (κ2) is 8.34. The van der Waals surface area contributed by atoms with Crippen LogP contribution in [0.25, 0.3) is 32.3 Å². The molecule has 1 aliphatic rings. The van der Waals surface area contributed by atoms with Gasteiger partial charge in [0.25, 0.3) is 0 Å². The summed E-state index contributed by atoms with van der Waals surface area (Å²) >= 11 is 1.68. The molecule has 0 spiro atoms. The lowest BCUT2D eigenvalue weighted by Crippen LogP contribution is -2.37. The molecule has 0 bridgehead atoms. The van der Waals surface area contributed by atoms with Gasteiger partial charge in [0.05, 0.1) is 29.5 Å². The maximum absolute atomic E-state index is 5.44. The Morgan fingerprint density at radius 3 is 2.30 bits per heavy atom. The van der Waals surface area contributed by atoms with Crippen LogP contribution in [-0.4, -0.2) is 41.3 Å². The predicted molar refractivity (Wildman–Crippen MR) is 122 cm³/mol. The van der Waals surface area contributed by atoms with E-state index in [-0.39, 0.29) is 0 Å². The molecule has 0 atom stereocenters. The first-order valence-electron chi connectivity index (χ1n) is 10.1. The number of morpholine rings is 1. The molecule has 0 unspecified atom stereocenters. The highest BCUT2D eigenvalue weighted by Gasteiger charge is 2.17. The summed E-state index contributed by atoms with van der Waals surface area (Å²) in [6, 6.07) is 21.0. The molecule has 0 saturated carbocycles.